The van der Waals surface area contributed by atoms with Gasteiger partial charge in [0.1, 0.15) is 5.75 Å². The van der Waals surface area contributed by atoms with Crippen LogP contribution in [0.4, 0.5) is 0 Å². The van der Waals surface area contributed by atoms with Crippen LogP contribution < -0.4 is 5.32 Å². The Morgan fingerprint density at radius 3 is 2.50 bits per heavy atom. The van der Waals surface area contributed by atoms with E-state index in [0.29, 0.717) is 11.3 Å². The fourth-order valence-electron chi connectivity index (χ4n) is 1.95. The molecule has 5 nitrogen and oxygen atoms in total. The lowest BCUT2D eigenvalue weighted by Gasteiger charge is -2.12. The number of phenols is 1. The summed E-state index contributed by atoms with van der Waals surface area (Å²) in [5, 5.41) is 12.9. The number of likely N-dealkylation sites (N-methyl/N-ethyl adjacent to an activating group) is 2. The van der Waals surface area contributed by atoms with Crippen molar-refractivity contribution in [2.75, 3.05) is 28.2 Å². The zero-order valence-electron chi connectivity index (χ0n) is 14.9. The standard InChI is InChI=1S/C19H25N3O2/c1-13(11-19(24)21-4)15-8-9-16(18(23)12-15)17(20-3)10-7-14(2)22(5)6/h7-12,23H,2H2,1,3-6H3,(H,21,24)/b10-7-,13-11+,20-17?. The summed E-state index contributed by atoms with van der Waals surface area (Å²) in [6.07, 6.45) is 5.14. The Balaban J connectivity index is 3.12. The molecule has 128 valence electrons. The van der Waals surface area contributed by atoms with Gasteiger partial charge < -0.3 is 15.3 Å². The molecular weight excluding hydrogens is 302 g/mol. The van der Waals surface area contributed by atoms with E-state index in [-0.39, 0.29) is 11.7 Å². The molecule has 1 aromatic carbocycles. The summed E-state index contributed by atoms with van der Waals surface area (Å²) >= 11 is 0. The van der Waals surface area contributed by atoms with Gasteiger partial charge >= 0.3 is 0 Å². The maximum absolute atomic E-state index is 11.4. The second-order valence-corrected chi connectivity index (χ2v) is 5.50. The molecule has 1 aromatic rings. The number of aromatic hydroxyl groups is 1. The van der Waals surface area contributed by atoms with Crippen molar-refractivity contribution in [3.8, 4) is 5.75 Å². The van der Waals surface area contributed by atoms with Crippen molar-refractivity contribution in [1.82, 2.24) is 10.2 Å². The molecule has 0 saturated carbocycles. The molecule has 0 spiro atoms. The van der Waals surface area contributed by atoms with Crippen molar-refractivity contribution in [2.45, 2.75) is 6.92 Å². The maximum atomic E-state index is 11.4. The van der Waals surface area contributed by atoms with Gasteiger partial charge in [-0.05, 0) is 42.3 Å². The fraction of sp³-hybridized carbons (Fsp3) is 0.263. The van der Waals surface area contributed by atoms with E-state index in [1.807, 2.05) is 44.1 Å². The van der Waals surface area contributed by atoms with Gasteiger partial charge in [0.05, 0.1) is 5.71 Å². The summed E-state index contributed by atoms with van der Waals surface area (Å²) in [4.78, 5) is 17.5. The third-order valence-electron chi connectivity index (χ3n) is 3.57. The third-order valence-corrected chi connectivity index (χ3v) is 3.57. The summed E-state index contributed by atoms with van der Waals surface area (Å²) in [5.74, 6) is -0.0742. The van der Waals surface area contributed by atoms with E-state index in [1.165, 1.54) is 6.08 Å². The predicted octanol–water partition coefficient (Wildman–Crippen LogP) is 2.59. The Kier molecular flexibility index (Phi) is 6.98. The van der Waals surface area contributed by atoms with Gasteiger partial charge in [0.15, 0.2) is 0 Å². The summed E-state index contributed by atoms with van der Waals surface area (Å²) < 4.78 is 0. The van der Waals surface area contributed by atoms with Gasteiger partial charge in [-0.3, -0.25) is 9.79 Å². The van der Waals surface area contributed by atoms with Crippen LogP contribution in [0.15, 0.2) is 53.7 Å². The van der Waals surface area contributed by atoms with Gasteiger partial charge in [0.25, 0.3) is 0 Å². The van der Waals surface area contributed by atoms with E-state index < -0.39 is 0 Å². The molecule has 0 bridgehead atoms. The summed E-state index contributed by atoms with van der Waals surface area (Å²) in [6, 6.07) is 5.27. The van der Waals surface area contributed by atoms with Crippen molar-refractivity contribution in [1.29, 1.82) is 0 Å². The van der Waals surface area contributed by atoms with Crippen LogP contribution in [-0.2, 0) is 4.79 Å². The number of amides is 1. The second kappa shape index (κ2) is 8.72. The molecule has 1 rings (SSSR count). The number of rotatable bonds is 6. The van der Waals surface area contributed by atoms with Crippen molar-refractivity contribution >= 4 is 17.2 Å². The van der Waals surface area contributed by atoms with Gasteiger partial charge in [-0.15, -0.1) is 0 Å². The summed E-state index contributed by atoms with van der Waals surface area (Å²) in [6.45, 7) is 5.74. The number of hydrogen-bond donors (Lipinski definition) is 2. The van der Waals surface area contributed by atoms with E-state index in [1.54, 1.807) is 26.2 Å². The molecule has 1 amide bonds. The van der Waals surface area contributed by atoms with Gasteiger partial charge in [0.2, 0.25) is 5.91 Å². The molecule has 0 fully saturated rings. The van der Waals surface area contributed by atoms with Crippen LogP contribution in [0.5, 0.6) is 5.75 Å². The zero-order valence-corrected chi connectivity index (χ0v) is 14.9. The molecule has 0 radical (unpaired) electrons. The SMILES string of the molecule is C=C(/C=C\C(=NC)c1ccc(/C(C)=C/C(=O)NC)cc1O)N(C)C. The molecule has 0 aliphatic rings. The number of carbonyl (C=O) groups excluding carboxylic acids is 1. The third kappa shape index (κ3) is 5.12. The van der Waals surface area contributed by atoms with Crippen molar-refractivity contribution in [3.63, 3.8) is 0 Å². The zero-order chi connectivity index (χ0) is 18.3. The van der Waals surface area contributed by atoms with E-state index in [9.17, 15) is 9.90 Å². The number of benzene rings is 1. The largest absolute Gasteiger partial charge is 0.507 e. The molecule has 0 atom stereocenters. The number of nitrogens with one attached hydrogen (secondary N) is 1. The highest BCUT2D eigenvalue weighted by atomic mass is 16.3. The molecule has 5 heteroatoms. The highest BCUT2D eigenvalue weighted by Gasteiger charge is 2.09. The van der Waals surface area contributed by atoms with Crippen molar-refractivity contribution < 1.29 is 9.90 Å². The Hall–Kier alpha value is -2.82. The van der Waals surface area contributed by atoms with Gasteiger partial charge in [-0.25, -0.2) is 0 Å². The molecule has 0 aromatic heterocycles. The van der Waals surface area contributed by atoms with Crippen LogP contribution >= 0.6 is 0 Å². The molecule has 0 unspecified atom stereocenters. The van der Waals surface area contributed by atoms with Gasteiger partial charge in [-0.1, -0.05) is 12.6 Å². The quantitative estimate of drug-likeness (QED) is 0.479. The molecule has 0 aliphatic carbocycles. The van der Waals surface area contributed by atoms with Crippen molar-refractivity contribution in [3.05, 3.63) is 59.8 Å². The Morgan fingerprint density at radius 2 is 2.00 bits per heavy atom. The first-order chi connectivity index (χ1) is 11.3. The number of hydrogen-bond acceptors (Lipinski definition) is 4. The normalized spacial score (nSPS) is 12.4. The summed E-state index contributed by atoms with van der Waals surface area (Å²) in [5.41, 5.74) is 3.64. The monoisotopic (exact) mass is 327 g/mol. The molecule has 24 heavy (non-hydrogen) atoms. The lowest BCUT2D eigenvalue weighted by Crippen LogP contribution is -2.14. The van der Waals surface area contributed by atoms with Crippen LogP contribution in [0.2, 0.25) is 0 Å². The Labute approximate surface area is 143 Å². The minimum atomic E-state index is -0.183. The molecular formula is C19H25N3O2. The predicted molar refractivity (Wildman–Crippen MR) is 100 cm³/mol. The van der Waals surface area contributed by atoms with E-state index in [2.05, 4.69) is 16.9 Å². The maximum Gasteiger partial charge on any atom is 0.244 e. The van der Waals surface area contributed by atoms with Crippen LogP contribution in [0.25, 0.3) is 5.57 Å². The highest BCUT2D eigenvalue weighted by molar-refractivity contribution is 6.10. The van der Waals surface area contributed by atoms with E-state index >= 15 is 0 Å². The summed E-state index contributed by atoms with van der Waals surface area (Å²) in [7, 11) is 7.05. The minimum absolute atomic E-state index is 0.109. The second-order valence-electron chi connectivity index (χ2n) is 5.50. The lowest BCUT2D eigenvalue weighted by atomic mass is 10.0. The van der Waals surface area contributed by atoms with Crippen LogP contribution in [0, 0.1) is 0 Å². The number of carbonyl (C=O) groups is 1. The Morgan fingerprint density at radius 1 is 1.33 bits per heavy atom. The van der Waals surface area contributed by atoms with Gasteiger partial charge in [-0.2, -0.15) is 0 Å². The number of allylic oxidation sites excluding steroid dienone is 3. The smallest absolute Gasteiger partial charge is 0.244 e. The average Bonchev–Trinajstić information content (AvgIpc) is 2.55. The van der Waals surface area contributed by atoms with Crippen molar-refractivity contribution in [2.24, 2.45) is 4.99 Å². The highest BCUT2D eigenvalue weighted by Crippen LogP contribution is 2.24. The first-order valence-corrected chi connectivity index (χ1v) is 7.55. The molecule has 0 saturated heterocycles. The first kappa shape index (κ1) is 19.2. The average molecular weight is 327 g/mol. The lowest BCUT2D eigenvalue weighted by molar-refractivity contribution is -0.116. The first-order valence-electron chi connectivity index (χ1n) is 7.55. The molecule has 2 N–H and O–H groups in total. The number of phenolic OH excluding ortho intramolecular Hbond substituents is 1. The van der Waals surface area contributed by atoms with E-state index in [0.717, 1.165) is 16.8 Å². The van der Waals surface area contributed by atoms with Crippen LogP contribution in [0.3, 0.4) is 0 Å². The van der Waals surface area contributed by atoms with Gasteiger partial charge in [0, 0.05) is 45.5 Å². The Bertz CT molecular complexity index is 713. The minimum Gasteiger partial charge on any atom is -0.507 e. The van der Waals surface area contributed by atoms with E-state index in [4.69, 9.17) is 0 Å². The molecule has 0 heterocycles. The van der Waals surface area contributed by atoms with Crippen LogP contribution in [0.1, 0.15) is 18.1 Å². The topological polar surface area (TPSA) is 64.9 Å². The fourth-order valence-corrected chi connectivity index (χ4v) is 1.95. The number of nitrogens with zero attached hydrogens (tertiary/aromatic N) is 2. The molecule has 0 aliphatic heterocycles. The van der Waals surface area contributed by atoms with Crippen LogP contribution in [-0.4, -0.2) is 49.8 Å². The number of aliphatic imine (C=N–C) groups is 1.